The Morgan fingerprint density at radius 2 is 1.82 bits per heavy atom. The van der Waals surface area contributed by atoms with E-state index in [1.807, 2.05) is 0 Å². The number of carbonyl (C=O) groups excluding carboxylic acids is 1. The molecule has 0 unspecified atom stereocenters. The van der Waals surface area contributed by atoms with Crippen LogP contribution < -0.4 is 14.2 Å². The molecule has 6 heteroatoms. The quantitative estimate of drug-likeness (QED) is 0.557. The number of hydrogen-bond acceptors (Lipinski definition) is 4. The number of rotatable bonds is 7. The highest BCUT2D eigenvalue weighted by molar-refractivity contribution is 6.35. The van der Waals surface area contributed by atoms with Crippen molar-refractivity contribution in [3.8, 4) is 17.2 Å². The molecule has 0 N–H and O–H groups in total. The van der Waals surface area contributed by atoms with Gasteiger partial charge in [0.15, 0.2) is 17.8 Å². The molecule has 0 aromatic heterocycles. The first kappa shape index (κ1) is 16.5. The summed E-state index contributed by atoms with van der Waals surface area (Å²) in [7, 11) is 1.51. The third-order valence-electron chi connectivity index (χ3n) is 2.84. The standard InChI is InChI=1S/C16H14Cl2O4/c1-20-15-4-2-3-11(10-19)16(15)22-8-7-21-14-6-5-12(17)9-13(14)18/h2-6,9-10H,7-8H2,1H3. The summed E-state index contributed by atoms with van der Waals surface area (Å²) in [5.41, 5.74) is 0.420. The molecule has 0 amide bonds. The Balaban J connectivity index is 1.95. The van der Waals surface area contributed by atoms with Crippen LogP contribution in [-0.4, -0.2) is 26.6 Å². The highest BCUT2D eigenvalue weighted by atomic mass is 35.5. The monoisotopic (exact) mass is 340 g/mol. The molecule has 0 aliphatic heterocycles. The Labute approximate surface area is 138 Å². The lowest BCUT2D eigenvalue weighted by Crippen LogP contribution is -2.10. The Bertz CT molecular complexity index is 659. The van der Waals surface area contributed by atoms with Crippen LogP contribution in [0.15, 0.2) is 36.4 Å². The van der Waals surface area contributed by atoms with Crippen molar-refractivity contribution in [2.75, 3.05) is 20.3 Å². The zero-order valence-electron chi connectivity index (χ0n) is 11.8. The van der Waals surface area contributed by atoms with Crippen LogP contribution in [0.3, 0.4) is 0 Å². The molecule has 0 fully saturated rings. The van der Waals surface area contributed by atoms with Gasteiger partial charge in [0.1, 0.15) is 19.0 Å². The predicted octanol–water partition coefficient (Wildman–Crippen LogP) is 4.27. The summed E-state index contributed by atoms with van der Waals surface area (Å²) in [6.07, 6.45) is 0.717. The van der Waals surface area contributed by atoms with Crippen LogP contribution in [0.5, 0.6) is 17.2 Å². The molecule has 116 valence electrons. The molecular weight excluding hydrogens is 327 g/mol. The molecule has 0 saturated carbocycles. The van der Waals surface area contributed by atoms with E-state index in [1.165, 1.54) is 7.11 Å². The van der Waals surface area contributed by atoms with Gasteiger partial charge < -0.3 is 14.2 Å². The Morgan fingerprint density at radius 3 is 2.50 bits per heavy atom. The van der Waals surface area contributed by atoms with E-state index in [4.69, 9.17) is 37.4 Å². The lowest BCUT2D eigenvalue weighted by Gasteiger charge is -2.13. The first-order chi connectivity index (χ1) is 10.7. The second-order valence-corrected chi connectivity index (χ2v) is 5.11. The fourth-order valence-corrected chi connectivity index (χ4v) is 2.29. The fourth-order valence-electron chi connectivity index (χ4n) is 1.83. The molecule has 2 aromatic rings. The topological polar surface area (TPSA) is 44.8 Å². The zero-order valence-corrected chi connectivity index (χ0v) is 13.4. The van der Waals surface area contributed by atoms with E-state index in [9.17, 15) is 4.79 Å². The second kappa shape index (κ2) is 7.92. The SMILES string of the molecule is COc1cccc(C=O)c1OCCOc1ccc(Cl)cc1Cl. The largest absolute Gasteiger partial charge is 0.493 e. The molecule has 0 saturated heterocycles. The van der Waals surface area contributed by atoms with Crippen LogP contribution in [0.25, 0.3) is 0 Å². The van der Waals surface area contributed by atoms with Crippen LogP contribution in [0.4, 0.5) is 0 Å². The van der Waals surface area contributed by atoms with Crippen LogP contribution in [-0.2, 0) is 0 Å². The average molecular weight is 341 g/mol. The number of ether oxygens (including phenoxy) is 3. The summed E-state index contributed by atoms with van der Waals surface area (Å²) < 4.78 is 16.3. The first-order valence-corrected chi connectivity index (χ1v) is 7.24. The second-order valence-electron chi connectivity index (χ2n) is 4.27. The van der Waals surface area contributed by atoms with Crippen LogP contribution in [0.2, 0.25) is 10.0 Å². The van der Waals surface area contributed by atoms with Gasteiger partial charge in [0.05, 0.1) is 17.7 Å². The van der Waals surface area contributed by atoms with Gasteiger partial charge in [0.25, 0.3) is 0 Å². The van der Waals surface area contributed by atoms with Gasteiger partial charge in [-0.25, -0.2) is 0 Å². The maximum absolute atomic E-state index is 11.0. The van der Waals surface area contributed by atoms with Crippen LogP contribution >= 0.6 is 23.2 Å². The van der Waals surface area contributed by atoms with Crippen molar-refractivity contribution in [2.45, 2.75) is 0 Å². The number of carbonyl (C=O) groups is 1. The van der Waals surface area contributed by atoms with Crippen molar-refractivity contribution in [3.63, 3.8) is 0 Å². The summed E-state index contributed by atoms with van der Waals surface area (Å²) in [5, 5.41) is 0.969. The van der Waals surface area contributed by atoms with E-state index in [0.29, 0.717) is 32.9 Å². The van der Waals surface area contributed by atoms with E-state index in [2.05, 4.69) is 0 Å². The number of para-hydroxylation sites is 1. The highest BCUT2D eigenvalue weighted by Crippen LogP contribution is 2.30. The normalized spacial score (nSPS) is 10.1. The molecule has 22 heavy (non-hydrogen) atoms. The van der Waals surface area contributed by atoms with Gasteiger partial charge in [-0.05, 0) is 30.3 Å². The molecule has 0 aliphatic carbocycles. The van der Waals surface area contributed by atoms with E-state index < -0.39 is 0 Å². The number of hydrogen-bond donors (Lipinski definition) is 0. The summed E-state index contributed by atoms with van der Waals surface area (Å²) in [4.78, 5) is 11.0. The van der Waals surface area contributed by atoms with Gasteiger partial charge in [-0.2, -0.15) is 0 Å². The van der Waals surface area contributed by atoms with E-state index in [1.54, 1.807) is 36.4 Å². The number of halogens is 2. The molecule has 0 aliphatic rings. The van der Waals surface area contributed by atoms with Crippen molar-refractivity contribution >= 4 is 29.5 Å². The molecule has 2 aromatic carbocycles. The Kier molecular flexibility index (Phi) is 5.92. The van der Waals surface area contributed by atoms with Gasteiger partial charge in [-0.15, -0.1) is 0 Å². The molecule has 0 bridgehead atoms. The van der Waals surface area contributed by atoms with Crippen molar-refractivity contribution in [2.24, 2.45) is 0 Å². The maximum atomic E-state index is 11.0. The average Bonchev–Trinajstić information content (AvgIpc) is 2.53. The lowest BCUT2D eigenvalue weighted by atomic mass is 10.2. The van der Waals surface area contributed by atoms with Crippen molar-refractivity contribution < 1.29 is 19.0 Å². The number of methoxy groups -OCH3 is 1. The minimum absolute atomic E-state index is 0.236. The molecular formula is C16H14Cl2O4. The summed E-state index contributed by atoms with van der Waals surface area (Å²) in [5.74, 6) is 1.41. The minimum Gasteiger partial charge on any atom is -0.493 e. The molecule has 0 spiro atoms. The van der Waals surface area contributed by atoms with Gasteiger partial charge in [0, 0.05) is 5.02 Å². The van der Waals surface area contributed by atoms with Crippen molar-refractivity contribution in [1.82, 2.24) is 0 Å². The Morgan fingerprint density at radius 1 is 1.05 bits per heavy atom. The molecule has 0 heterocycles. The fraction of sp³-hybridized carbons (Fsp3) is 0.188. The maximum Gasteiger partial charge on any atom is 0.171 e. The molecule has 2 rings (SSSR count). The molecule has 0 radical (unpaired) electrons. The van der Waals surface area contributed by atoms with Gasteiger partial charge in [-0.3, -0.25) is 4.79 Å². The van der Waals surface area contributed by atoms with Gasteiger partial charge in [0.2, 0.25) is 0 Å². The van der Waals surface area contributed by atoms with Crippen molar-refractivity contribution in [3.05, 3.63) is 52.0 Å². The number of aldehydes is 1. The third-order valence-corrected chi connectivity index (χ3v) is 3.37. The summed E-state index contributed by atoms with van der Waals surface area (Å²) in [6, 6.07) is 10.1. The number of benzene rings is 2. The Hall–Kier alpha value is -1.91. The smallest absolute Gasteiger partial charge is 0.171 e. The minimum atomic E-state index is 0.236. The predicted molar refractivity (Wildman–Crippen MR) is 85.8 cm³/mol. The van der Waals surface area contributed by atoms with E-state index in [0.717, 1.165) is 6.29 Å². The first-order valence-electron chi connectivity index (χ1n) is 6.48. The highest BCUT2D eigenvalue weighted by Gasteiger charge is 2.10. The van der Waals surface area contributed by atoms with Crippen LogP contribution in [0, 0.1) is 0 Å². The van der Waals surface area contributed by atoms with Crippen molar-refractivity contribution in [1.29, 1.82) is 0 Å². The molecule has 4 nitrogen and oxygen atoms in total. The van der Waals surface area contributed by atoms with Gasteiger partial charge in [-0.1, -0.05) is 29.3 Å². The zero-order chi connectivity index (χ0) is 15.9. The third kappa shape index (κ3) is 4.06. The van der Waals surface area contributed by atoms with E-state index >= 15 is 0 Å². The van der Waals surface area contributed by atoms with E-state index in [-0.39, 0.29) is 13.2 Å². The molecule has 0 atom stereocenters. The van der Waals surface area contributed by atoms with Crippen LogP contribution in [0.1, 0.15) is 10.4 Å². The summed E-state index contributed by atoms with van der Waals surface area (Å²) in [6.45, 7) is 0.498. The van der Waals surface area contributed by atoms with Gasteiger partial charge >= 0.3 is 0 Å². The summed E-state index contributed by atoms with van der Waals surface area (Å²) >= 11 is 11.8. The lowest BCUT2D eigenvalue weighted by molar-refractivity contribution is 0.111.